The standard InChI is InChI=1S/C30H28F2N2O7/c31-26(32)14-25(29(37)38)33-28(36)24(15-27(35)40-16-18-8-2-1-3-9-18)34-30(39)41-17-23-21-12-6-4-10-19(21)20-11-5-7-13-22(20)23/h1-13,23-26H,14-17H2,(H,33,36)(H,34,39)(H,37,38)/t24-,25?/m0/s1. The number of ether oxygens (including phenoxy) is 2. The van der Waals surface area contributed by atoms with E-state index in [2.05, 4.69) is 5.32 Å². The van der Waals surface area contributed by atoms with E-state index in [1.807, 2.05) is 53.8 Å². The highest BCUT2D eigenvalue weighted by Gasteiger charge is 2.32. The number of hydrogen-bond donors (Lipinski definition) is 3. The number of aliphatic carboxylic acids is 1. The van der Waals surface area contributed by atoms with E-state index in [-0.39, 0.29) is 19.1 Å². The van der Waals surface area contributed by atoms with Gasteiger partial charge < -0.3 is 25.2 Å². The molecule has 0 spiro atoms. The Balaban J connectivity index is 1.43. The van der Waals surface area contributed by atoms with Crippen molar-refractivity contribution in [2.75, 3.05) is 6.61 Å². The molecule has 0 saturated heterocycles. The molecular weight excluding hydrogens is 538 g/mol. The molecule has 11 heteroatoms. The van der Waals surface area contributed by atoms with Crippen molar-refractivity contribution in [3.8, 4) is 11.1 Å². The van der Waals surface area contributed by atoms with Crippen LogP contribution in [0.2, 0.25) is 0 Å². The predicted molar refractivity (Wildman–Crippen MR) is 143 cm³/mol. The zero-order valence-corrected chi connectivity index (χ0v) is 21.8. The summed E-state index contributed by atoms with van der Waals surface area (Å²) < 4.78 is 36.3. The van der Waals surface area contributed by atoms with Gasteiger partial charge in [0.15, 0.2) is 0 Å². The summed E-state index contributed by atoms with van der Waals surface area (Å²) in [6, 6.07) is 20.5. The summed E-state index contributed by atoms with van der Waals surface area (Å²) in [4.78, 5) is 49.6. The first-order valence-electron chi connectivity index (χ1n) is 12.8. The first-order valence-corrected chi connectivity index (χ1v) is 12.8. The number of rotatable bonds is 12. The van der Waals surface area contributed by atoms with Crippen LogP contribution in [0.25, 0.3) is 11.1 Å². The minimum Gasteiger partial charge on any atom is -0.480 e. The summed E-state index contributed by atoms with van der Waals surface area (Å²) in [5.74, 6) is -4.00. The maximum Gasteiger partial charge on any atom is 0.407 e. The summed E-state index contributed by atoms with van der Waals surface area (Å²) >= 11 is 0. The number of fused-ring (bicyclic) bond motifs is 3. The predicted octanol–water partition coefficient (Wildman–Crippen LogP) is 4.25. The number of hydrogen-bond acceptors (Lipinski definition) is 6. The molecule has 2 amide bonds. The molecule has 1 aliphatic rings. The van der Waals surface area contributed by atoms with E-state index >= 15 is 0 Å². The molecular formula is C30H28F2N2O7. The highest BCUT2D eigenvalue weighted by atomic mass is 19.3. The third kappa shape index (κ3) is 7.65. The summed E-state index contributed by atoms with van der Waals surface area (Å²) in [5.41, 5.74) is 4.60. The lowest BCUT2D eigenvalue weighted by molar-refractivity contribution is -0.147. The molecule has 1 aliphatic carbocycles. The summed E-state index contributed by atoms with van der Waals surface area (Å²) in [7, 11) is 0. The number of nitrogens with one attached hydrogen (secondary N) is 2. The quantitative estimate of drug-likeness (QED) is 0.279. The van der Waals surface area contributed by atoms with E-state index < -0.39 is 55.3 Å². The fourth-order valence-electron chi connectivity index (χ4n) is 4.63. The van der Waals surface area contributed by atoms with Gasteiger partial charge in [-0.3, -0.25) is 9.59 Å². The number of alkyl halides is 2. The lowest BCUT2D eigenvalue weighted by atomic mass is 9.98. The zero-order chi connectivity index (χ0) is 29.4. The van der Waals surface area contributed by atoms with Crippen LogP contribution >= 0.6 is 0 Å². The van der Waals surface area contributed by atoms with Crippen LogP contribution in [0, 0.1) is 0 Å². The Kier molecular flexibility index (Phi) is 9.62. The maximum absolute atomic E-state index is 12.9. The maximum atomic E-state index is 12.9. The van der Waals surface area contributed by atoms with Gasteiger partial charge in [-0.2, -0.15) is 0 Å². The number of benzene rings is 3. The van der Waals surface area contributed by atoms with E-state index in [0.29, 0.717) is 5.56 Å². The molecule has 4 rings (SSSR count). The van der Waals surface area contributed by atoms with E-state index in [1.165, 1.54) is 0 Å². The van der Waals surface area contributed by atoms with Gasteiger partial charge in [-0.1, -0.05) is 78.9 Å². The molecule has 3 N–H and O–H groups in total. The molecule has 3 aromatic rings. The molecule has 0 heterocycles. The van der Waals surface area contributed by atoms with Crippen molar-refractivity contribution in [2.24, 2.45) is 0 Å². The molecule has 41 heavy (non-hydrogen) atoms. The third-order valence-corrected chi connectivity index (χ3v) is 6.59. The van der Waals surface area contributed by atoms with Gasteiger partial charge in [-0.05, 0) is 27.8 Å². The fourth-order valence-corrected chi connectivity index (χ4v) is 4.63. The summed E-state index contributed by atoms with van der Waals surface area (Å²) in [6.07, 6.45) is -5.91. The van der Waals surface area contributed by atoms with Crippen molar-refractivity contribution in [1.82, 2.24) is 10.6 Å². The second-order valence-electron chi connectivity index (χ2n) is 9.40. The van der Waals surface area contributed by atoms with Crippen LogP contribution in [-0.4, -0.2) is 54.2 Å². The SMILES string of the molecule is O=C(C[C@H](NC(=O)OCC1c2ccccc2-c2ccccc21)C(=O)NC(CC(F)F)C(=O)O)OCc1ccccc1. The van der Waals surface area contributed by atoms with Crippen molar-refractivity contribution in [2.45, 2.75) is 43.9 Å². The number of carbonyl (C=O) groups excluding carboxylic acids is 3. The Bertz CT molecular complexity index is 1350. The number of halogens is 2. The second-order valence-corrected chi connectivity index (χ2v) is 9.40. The number of carboxylic acid groups (broad SMARTS) is 1. The van der Waals surface area contributed by atoms with Gasteiger partial charge in [0.1, 0.15) is 25.3 Å². The van der Waals surface area contributed by atoms with Crippen molar-refractivity contribution in [3.63, 3.8) is 0 Å². The van der Waals surface area contributed by atoms with Gasteiger partial charge >= 0.3 is 18.0 Å². The topological polar surface area (TPSA) is 131 Å². The van der Waals surface area contributed by atoms with Crippen molar-refractivity contribution in [3.05, 3.63) is 95.6 Å². The van der Waals surface area contributed by atoms with Crippen LogP contribution < -0.4 is 10.6 Å². The van der Waals surface area contributed by atoms with Crippen LogP contribution in [0.3, 0.4) is 0 Å². The molecule has 0 aliphatic heterocycles. The fraction of sp³-hybridized carbons (Fsp3) is 0.267. The van der Waals surface area contributed by atoms with Crippen molar-refractivity contribution < 1.29 is 42.5 Å². The molecule has 0 radical (unpaired) electrons. The van der Waals surface area contributed by atoms with Crippen molar-refractivity contribution >= 4 is 23.9 Å². The number of amides is 2. The molecule has 214 valence electrons. The first kappa shape index (κ1) is 29.2. The number of carboxylic acids is 1. The van der Waals surface area contributed by atoms with Gasteiger partial charge in [0.25, 0.3) is 0 Å². The molecule has 2 atom stereocenters. The normalized spacial score (nSPS) is 13.4. The van der Waals surface area contributed by atoms with Gasteiger partial charge in [0.05, 0.1) is 6.42 Å². The van der Waals surface area contributed by atoms with Gasteiger partial charge in [0, 0.05) is 12.3 Å². The van der Waals surface area contributed by atoms with E-state index in [0.717, 1.165) is 22.3 Å². The van der Waals surface area contributed by atoms with Crippen molar-refractivity contribution in [1.29, 1.82) is 0 Å². The highest BCUT2D eigenvalue weighted by Crippen LogP contribution is 2.44. The minimum absolute atomic E-state index is 0.0875. The van der Waals surface area contributed by atoms with Crippen LogP contribution in [0.1, 0.15) is 35.4 Å². The molecule has 9 nitrogen and oxygen atoms in total. The first-order chi connectivity index (χ1) is 19.7. The van der Waals surface area contributed by atoms with Crippen LogP contribution in [0.5, 0.6) is 0 Å². The Hall–Kier alpha value is -4.80. The Morgan fingerprint density at radius 3 is 1.95 bits per heavy atom. The lowest BCUT2D eigenvalue weighted by Crippen LogP contribution is -2.53. The van der Waals surface area contributed by atoms with E-state index in [9.17, 15) is 33.1 Å². The number of carbonyl (C=O) groups is 4. The minimum atomic E-state index is -3.01. The van der Waals surface area contributed by atoms with Crippen LogP contribution in [0.15, 0.2) is 78.9 Å². The smallest absolute Gasteiger partial charge is 0.407 e. The van der Waals surface area contributed by atoms with Crippen LogP contribution in [0.4, 0.5) is 13.6 Å². The number of alkyl carbamates (subject to hydrolysis) is 1. The molecule has 1 unspecified atom stereocenters. The molecule has 3 aromatic carbocycles. The average Bonchev–Trinajstić information content (AvgIpc) is 3.28. The molecule has 0 fully saturated rings. The number of esters is 1. The van der Waals surface area contributed by atoms with E-state index in [4.69, 9.17) is 9.47 Å². The van der Waals surface area contributed by atoms with Crippen LogP contribution in [-0.2, 0) is 30.5 Å². The largest absolute Gasteiger partial charge is 0.480 e. The van der Waals surface area contributed by atoms with Gasteiger partial charge in [-0.25, -0.2) is 18.4 Å². The Labute approximate surface area is 234 Å². The average molecular weight is 567 g/mol. The molecule has 0 bridgehead atoms. The van der Waals surface area contributed by atoms with Gasteiger partial charge in [0.2, 0.25) is 12.3 Å². The molecule has 0 aromatic heterocycles. The summed E-state index contributed by atoms with van der Waals surface area (Å²) in [6.45, 7) is -0.197. The van der Waals surface area contributed by atoms with E-state index in [1.54, 1.807) is 30.3 Å². The Morgan fingerprint density at radius 1 is 0.780 bits per heavy atom. The van der Waals surface area contributed by atoms with Gasteiger partial charge in [-0.15, -0.1) is 0 Å². The second kappa shape index (κ2) is 13.5. The zero-order valence-electron chi connectivity index (χ0n) is 21.8. The lowest BCUT2D eigenvalue weighted by Gasteiger charge is -2.21. The monoisotopic (exact) mass is 566 g/mol. The third-order valence-electron chi connectivity index (χ3n) is 6.59. The highest BCUT2D eigenvalue weighted by molar-refractivity contribution is 5.92. The molecule has 0 saturated carbocycles. The summed E-state index contributed by atoms with van der Waals surface area (Å²) in [5, 5.41) is 13.5. The Morgan fingerprint density at radius 2 is 1.37 bits per heavy atom.